The molecule has 21 heavy (non-hydrogen) atoms. The molecular weight excluding hydrogens is 272 g/mol. The molecule has 0 saturated heterocycles. The first-order chi connectivity index (χ1) is 9.93. The van der Waals surface area contributed by atoms with E-state index in [2.05, 4.69) is 10.4 Å². The highest BCUT2D eigenvalue weighted by Gasteiger charge is 2.20. The van der Waals surface area contributed by atoms with Crippen molar-refractivity contribution in [1.82, 2.24) is 15.1 Å². The van der Waals surface area contributed by atoms with Crippen molar-refractivity contribution in [1.29, 1.82) is 0 Å². The van der Waals surface area contributed by atoms with Gasteiger partial charge in [-0.15, -0.1) is 0 Å². The predicted molar refractivity (Wildman–Crippen MR) is 79.2 cm³/mol. The van der Waals surface area contributed by atoms with E-state index >= 15 is 0 Å². The smallest absolute Gasteiger partial charge is 0.159 e. The average molecular weight is 293 g/mol. The van der Waals surface area contributed by atoms with Gasteiger partial charge in [-0.2, -0.15) is 5.10 Å². The molecule has 3 nitrogen and oxygen atoms in total. The lowest BCUT2D eigenvalue weighted by atomic mass is 9.97. The zero-order valence-electron chi connectivity index (χ0n) is 12.9. The van der Waals surface area contributed by atoms with Crippen LogP contribution in [0.1, 0.15) is 35.5 Å². The summed E-state index contributed by atoms with van der Waals surface area (Å²) in [4.78, 5) is 0. The molecule has 0 bridgehead atoms. The Morgan fingerprint density at radius 1 is 1.24 bits per heavy atom. The van der Waals surface area contributed by atoms with Crippen molar-refractivity contribution in [2.45, 2.75) is 33.2 Å². The fourth-order valence-electron chi connectivity index (χ4n) is 2.72. The maximum Gasteiger partial charge on any atom is 0.159 e. The fourth-order valence-corrected chi connectivity index (χ4v) is 2.72. The van der Waals surface area contributed by atoms with E-state index in [4.69, 9.17) is 0 Å². The topological polar surface area (TPSA) is 29.9 Å². The Morgan fingerprint density at radius 3 is 2.48 bits per heavy atom. The zero-order valence-corrected chi connectivity index (χ0v) is 12.9. The molecule has 0 fully saturated rings. The second-order valence-electron chi connectivity index (χ2n) is 5.27. The Labute approximate surface area is 124 Å². The number of aryl methyl sites for hydroxylation is 2. The highest BCUT2D eigenvalue weighted by molar-refractivity contribution is 5.31. The summed E-state index contributed by atoms with van der Waals surface area (Å²) >= 11 is 0. The molecule has 0 aliphatic heterocycles. The molecule has 0 radical (unpaired) electrons. The van der Waals surface area contributed by atoms with E-state index in [1.54, 1.807) is 6.07 Å². The third-order valence-electron chi connectivity index (χ3n) is 3.79. The van der Waals surface area contributed by atoms with Gasteiger partial charge in [0.05, 0.1) is 5.69 Å². The van der Waals surface area contributed by atoms with Gasteiger partial charge in [0.25, 0.3) is 0 Å². The molecular formula is C16H21F2N3. The van der Waals surface area contributed by atoms with Gasteiger partial charge in [-0.1, -0.05) is 13.0 Å². The molecule has 0 saturated carbocycles. The minimum atomic E-state index is -0.813. The Balaban J connectivity index is 2.32. The Hall–Kier alpha value is -1.75. The van der Waals surface area contributed by atoms with Gasteiger partial charge >= 0.3 is 0 Å². The van der Waals surface area contributed by atoms with Crippen molar-refractivity contribution in [2.75, 3.05) is 6.54 Å². The largest absolute Gasteiger partial charge is 0.310 e. The van der Waals surface area contributed by atoms with Crippen LogP contribution in [-0.4, -0.2) is 16.3 Å². The molecule has 2 aromatic rings. The van der Waals surface area contributed by atoms with Gasteiger partial charge in [-0.25, -0.2) is 8.78 Å². The van der Waals surface area contributed by atoms with Crippen molar-refractivity contribution in [3.8, 4) is 0 Å². The van der Waals surface area contributed by atoms with Crippen LogP contribution in [-0.2, 0) is 13.5 Å². The molecule has 0 aliphatic carbocycles. The molecule has 0 spiro atoms. The molecule has 1 heterocycles. The van der Waals surface area contributed by atoms with Crippen LogP contribution < -0.4 is 5.32 Å². The number of rotatable bonds is 5. The average Bonchev–Trinajstić information content (AvgIpc) is 2.67. The maximum atomic E-state index is 13.4. The van der Waals surface area contributed by atoms with Crippen LogP contribution in [0.2, 0.25) is 0 Å². The zero-order chi connectivity index (χ0) is 15.6. The van der Waals surface area contributed by atoms with E-state index in [9.17, 15) is 8.78 Å². The summed E-state index contributed by atoms with van der Waals surface area (Å²) in [6.45, 7) is 6.81. The van der Waals surface area contributed by atoms with Crippen LogP contribution in [0, 0.1) is 25.5 Å². The molecule has 1 aromatic carbocycles. The Kier molecular flexibility index (Phi) is 4.73. The molecule has 1 unspecified atom stereocenters. The molecule has 114 valence electrons. The molecule has 1 aromatic heterocycles. The summed E-state index contributed by atoms with van der Waals surface area (Å²) in [5, 5.41) is 7.84. The first-order valence-corrected chi connectivity index (χ1v) is 7.11. The second kappa shape index (κ2) is 6.35. The lowest BCUT2D eigenvalue weighted by molar-refractivity contribution is 0.502. The quantitative estimate of drug-likeness (QED) is 0.917. The summed E-state index contributed by atoms with van der Waals surface area (Å²) in [7, 11) is 1.91. The third-order valence-corrected chi connectivity index (χ3v) is 3.79. The van der Waals surface area contributed by atoms with Gasteiger partial charge in [0, 0.05) is 24.3 Å². The molecule has 1 N–H and O–H groups in total. The minimum Gasteiger partial charge on any atom is -0.310 e. The van der Waals surface area contributed by atoms with Crippen molar-refractivity contribution in [2.24, 2.45) is 7.05 Å². The second-order valence-corrected chi connectivity index (χ2v) is 5.27. The summed E-state index contributed by atoms with van der Waals surface area (Å²) in [6, 6.07) is 4.11. The standard InChI is InChI=1S/C16H21F2N3/c1-5-19-15(16-10(2)20-21(4)11(16)3)9-12-6-7-13(17)14(18)8-12/h6-8,15,19H,5,9H2,1-4H3. The summed E-state index contributed by atoms with van der Waals surface area (Å²) < 4.78 is 28.3. The lowest BCUT2D eigenvalue weighted by Gasteiger charge is -2.19. The number of likely N-dealkylation sites (N-methyl/N-ethyl adjacent to an activating group) is 1. The molecule has 0 aliphatic rings. The molecule has 0 amide bonds. The van der Waals surface area contributed by atoms with Gasteiger partial charge < -0.3 is 5.32 Å². The SMILES string of the molecule is CCNC(Cc1ccc(F)c(F)c1)c1c(C)nn(C)c1C. The molecule has 5 heteroatoms. The monoisotopic (exact) mass is 293 g/mol. The molecule has 2 rings (SSSR count). The van der Waals surface area contributed by atoms with E-state index in [1.165, 1.54) is 12.1 Å². The Morgan fingerprint density at radius 2 is 1.95 bits per heavy atom. The van der Waals surface area contributed by atoms with Gasteiger partial charge in [-0.05, 0) is 44.5 Å². The highest BCUT2D eigenvalue weighted by Crippen LogP contribution is 2.25. The fraction of sp³-hybridized carbons (Fsp3) is 0.438. The normalized spacial score (nSPS) is 12.7. The Bertz CT molecular complexity index is 635. The number of nitrogens with zero attached hydrogens (tertiary/aromatic N) is 2. The van der Waals surface area contributed by atoms with Crippen LogP contribution in [0.5, 0.6) is 0 Å². The number of aromatic nitrogens is 2. The van der Waals surface area contributed by atoms with Crippen molar-refractivity contribution < 1.29 is 8.78 Å². The third kappa shape index (κ3) is 3.29. The first-order valence-electron chi connectivity index (χ1n) is 7.11. The highest BCUT2D eigenvalue weighted by atomic mass is 19.2. The van der Waals surface area contributed by atoms with Gasteiger partial charge in [0.15, 0.2) is 11.6 Å². The number of halogens is 2. The first kappa shape index (κ1) is 15.6. The van der Waals surface area contributed by atoms with E-state index < -0.39 is 11.6 Å². The lowest BCUT2D eigenvalue weighted by Crippen LogP contribution is -2.24. The van der Waals surface area contributed by atoms with Crippen LogP contribution >= 0.6 is 0 Å². The van der Waals surface area contributed by atoms with E-state index in [0.29, 0.717) is 6.42 Å². The number of hydrogen-bond donors (Lipinski definition) is 1. The van der Waals surface area contributed by atoms with Gasteiger partial charge in [0.1, 0.15) is 0 Å². The van der Waals surface area contributed by atoms with Crippen molar-refractivity contribution in [3.63, 3.8) is 0 Å². The number of benzene rings is 1. The van der Waals surface area contributed by atoms with Crippen LogP contribution in [0.15, 0.2) is 18.2 Å². The minimum absolute atomic E-state index is 0.0357. The summed E-state index contributed by atoms with van der Waals surface area (Å²) in [6.07, 6.45) is 0.596. The summed E-state index contributed by atoms with van der Waals surface area (Å²) in [5.74, 6) is -1.62. The van der Waals surface area contributed by atoms with E-state index in [0.717, 1.165) is 29.1 Å². The van der Waals surface area contributed by atoms with E-state index in [1.807, 2.05) is 32.5 Å². The molecule has 1 atom stereocenters. The number of nitrogens with one attached hydrogen (secondary N) is 1. The predicted octanol–water partition coefficient (Wildman–Crippen LogP) is 3.21. The van der Waals surface area contributed by atoms with Crippen molar-refractivity contribution >= 4 is 0 Å². The van der Waals surface area contributed by atoms with E-state index in [-0.39, 0.29) is 6.04 Å². The van der Waals surface area contributed by atoms with Gasteiger partial charge in [0.2, 0.25) is 0 Å². The number of hydrogen-bond acceptors (Lipinski definition) is 2. The van der Waals surface area contributed by atoms with Crippen LogP contribution in [0.4, 0.5) is 8.78 Å². The van der Waals surface area contributed by atoms with Gasteiger partial charge in [-0.3, -0.25) is 4.68 Å². The van der Waals surface area contributed by atoms with Crippen molar-refractivity contribution in [3.05, 3.63) is 52.3 Å². The van der Waals surface area contributed by atoms with Crippen LogP contribution in [0.3, 0.4) is 0 Å². The van der Waals surface area contributed by atoms with Crippen LogP contribution in [0.25, 0.3) is 0 Å². The summed E-state index contributed by atoms with van der Waals surface area (Å²) in [5.41, 5.74) is 3.94. The maximum absolute atomic E-state index is 13.4.